The van der Waals surface area contributed by atoms with Crippen molar-refractivity contribution >= 4 is 0 Å². The van der Waals surface area contributed by atoms with Crippen molar-refractivity contribution in [3.63, 3.8) is 0 Å². The van der Waals surface area contributed by atoms with Crippen molar-refractivity contribution in [2.24, 2.45) is 0 Å². The third kappa shape index (κ3) is 3.01. The molecule has 0 saturated carbocycles. The molecule has 1 heterocycles. The third-order valence-electron chi connectivity index (χ3n) is 3.58. The first-order valence-electron chi connectivity index (χ1n) is 6.82. The molecule has 0 amide bonds. The van der Waals surface area contributed by atoms with Crippen molar-refractivity contribution in [1.82, 2.24) is 4.57 Å². The molecule has 0 N–H and O–H groups in total. The highest BCUT2D eigenvalue weighted by molar-refractivity contribution is 5.42. The number of benzene rings is 1. The second-order valence-corrected chi connectivity index (χ2v) is 5.34. The minimum Gasteiger partial charge on any atom is -0.491 e. The predicted octanol–water partition coefficient (Wildman–Crippen LogP) is 4.11. The molecule has 2 heteroatoms. The lowest BCUT2D eigenvalue weighted by atomic mass is 10.1. The van der Waals surface area contributed by atoms with Crippen LogP contribution in [-0.4, -0.2) is 11.2 Å². The normalized spacial score (nSPS) is 10.8. The Bertz CT molecular complexity index is 538. The van der Waals surface area contributed by atoms with Gasteiger partial charge in [0.05, 0.1) is 6.54 Å². The molecule has 0 bridgehead atoms. The van der Waals surface area contributed by atoms with Gasteiger partial charge in [-0.1, -0.05) is 17.7 Å². The third-order valence-corrected chi connectivity index (χ3v) is 3.58. The van der Waals surface area contributed by atoms with Gasteiger partial charge >= 0.3 is 0 Å². The Kier molecular flexibility index (Phi) is 3.98. The summed E-state index contributed by atoms with van der Waals surface area (Å²) >= 11 is 0. The molecule has 1 aromatic heterocycles. The number of aryl methyl sites for hydroxylation is 5. The summed E-state index contributed by atoms with van der Waals surface area (Å²) in [6, 6.07) is 8.65. The van der Waals surface area contributed by atoms with Crippen LogP contribution in [0.25, 0.3) is 0 Å². The van der Waals surface area contributed by atoms with E-state index in [0.717, 1.165) is 12.3 Å². The molecule has 2 nitrogen and oxygen atoms in total. The van der Waals surface area contributed by atoms with Crippen LogP contribution >= 0.6 is 0 Å². The molecule has 1 aromatic carbocycles. The molecule has 0 fully saturated rings. The summed E-state index contributed by atoms with van der Waals surface area (Å²) in [4.78, 5) is 0. The van der Waals surface area contributed by atoms with Crippen molar-refractivity contribution in [2.75, 3.05) is 6.61 Å². The highest BCUT2D eigenvalue weighted by atomic mass is 16.5. The van der Waals surface area contributed by atoms with E-state index in [9.17, 15) is 0 Å². The number of nitrogens with zero attached hydrogens (tertiary/aromatic N) is 1. The summed E-state index contributed by atoms with van der Waals surface area (Å²) in [5, 5.41) is 0. The van der Waals surface area contributed by atoms with Gasteiger partial charge in [0.15, 0.2) is 0 Å². The van der Waals surface area contributed by atoms with E-state index in [4.69, 9.17) is 4.74 Å². The number of hydrogen-bond acceptors (Lipinski definition) is 1. The first-order valence-corrected chi connectivity index (χ1v) is 6.82. The van der Waals surface area contributed by atoms with E-state index in [-0.39, 0.29) is 0 Å². The molecule has 0 aliphatic carbocycles. The average Bonchev–Trinajstić information content (AvgIpc) is 2.63. The maximum absolute atomic E-state index is 5.99. The summed E-state index contributed by atoms with van der Waals surface area (Å²) in [5.41, 5.74) is 6.31. The average molecular weight is 257 g/mol. The van der Waals surface area contributed by atoms with Crippen LogP contribution in [0, 0.1) is 34.6 Å². The van der Waals surface area contributed by atoms with Crippen molar-refractivity contribution < 1.29 is 4.74 Å². The van der Waals surface area contributed by atoms with E-state index < -0.39 is 0 Å². The summed E-state index contributed by atoms with van der Waals surface area (Å²) in [7, 11) is 0. The van der Waals surface area contributed by atoms with Crippen molar-refractivity contribution in [1.29, 1.82) is 0 Å². The van der Waals surface area contributed by atoms with Crippen LogP contribution in [-0.2, 0) is 6.54 Å². The number of ether oxygens (including phenoxy) is 1. The molecular weight excluding hydrogens is 234 g/mol. The predicted molar refractivity (Wildman–Crippen MR) is 80.1 cm³/mol. The van der Waals surface area contributed by atoms with Gasteiger partial charge in [-0.15, -0.1) is 0 Å². The van der Waals surface area contributed by atoms with Crippen LogP contribution in [0.3, 0.4) is 0 Å². The minimum absolute atomic E-state index is 0.709. The Morgan fingerprint density at radius 2 is 1.42 bits per heavy atom. The van der Waals surface area contributed by atoms with E-state index in [1.165, 1.54) is 28.1 Å². The molecule has 2 aromatic rings. The van der Waals surface area contributed by atoms with Gasteiger partial charge in [-0.05, 0) is 57.9 Å². The SMILES string of the molecule is Cc1cc(C)c(OCCn2c(C)ccc2C)c(C)c1. The number of hydrogen-bond donors (Lipinski definition) is 0. The quantitative estimate of drug-likeness (QED) is 0.804. The molecule has 19 heavy (non-hydrogen) atoms. The van der Waals surface area contributed by atoms with E-state index in [1.54, 1.807) is 0 Å². The van der Waals surface area contributed by atoms with Gasteiger partial charge < -0.3 is 9.30 Å². The van der Waals surface area contributed by atoms with Crippen LogP contribution in [0.15, 0.2) is 24.3 Å². The van der Waals surface area contributed by atoms with E-state index in [0.29, 0.717) is 6.61 Å². The number of rotatable bonds is 4. The van der Waals surface area contributed by atoms with E-state index in [1.807, 2.05) is 0 Å². The molecule has 2 rings (SSSR count). The fourth-order valence-corrected chi connectivity index (χ4v) is 2.69. The standard InChI is InChI=1S/C17H23NO/c1-12-10-13(2)17(14(3)11-12)19-9-8-18-15(4)6-7-16(18)5/h6-7,10-11H,8-9H2,1-5H3. The van der Waals surface area contributed by atoms with Crippen LogP contribution in [0.5, 0.6) is 5.75 Å². The molecule has 0 radical (unpaired) electrons. The Labute approximate surface area is 116 Å². The van der Waals surface area contributed by atoms with Crippen molar-refractivity contribution in [2.45, 2.75) is 41.2 Å². The molecule has 102 valence electrons. The van der Waals surface area contributed by atoms with Gasteiger partial charge in [-0.25, -0.2) is 0 Å². The van der Waals surface area contributed by atoms with Gasteiger partial charge in [0.2, 0.25) is 0 Å². The number of aromatic nitrogens is 1. The summed E-state index contributed by atoms with van der Waals surface area (Å²) in [6.45, 7) is 12.2. The second-order valence-electron chi connectivity index (χ2n) is 5.34. The summed E-state index contributed by atoms with van der Waals surface area (Å²) in [5.74, 6) is 1.04. The van der Waals surface area contributed by atoms with Crippen LogP contribution < -0.4 is 4.74 Å². The Morgan fingerprint density at radius 1 is 0.895 bits per heavy atom. The Morgan fingerprint density at radius 3 is 1.95 bits per heavy atom. The smallest absolute Gasteiger partial charge is 0.125 e. The zero-order valence-corrected chi connectivity index (χ0v) is 12.6. The van der Waals surface area contributed by atoms with Gasteiger partial charge in [-0.2, -0.15) is 0 Å². The Balaban J connectivity index is 2.04. The van der Waals surface area contributed by atoms with Crippen molar-refractivity contribution in [3.8, 4) is 5.75 Å². The summed E-state index contributed by atoms with van der Waals surface area (Å²) in [6.07, 6.45) is 0. The summed E-state index contributed by atoms with van der Waals surface area (Å²) < 4.78 is 8.28. The lowest BCUT2D eigenvalue weighted by Gasteiger charge is -2.15. The highest BCUT2D eigenvalue weighted by Crippen LogP contribution is 2.24. The van der Waals surface area contributed by atoms with Gasteiger partial charge in [0, 0.05) is 11.4 Å². The largest absolute Gasteiger partial charge is 0.491 e. The van der Waals surface area contributed by atoms with Crippen LogP contribution in [0.4, 0.5) is 0 Å². The second kappa shape index (κ2) is 5.52. The Hall–Kier alpha value is -1.70. The minimum atomic E-state index is 0.709. The molecule has 0 aliphatic rings. The topological polar surface area (TPSA) is 14.2 Å². The first kappa shape index (κ1) is 13.7. The zero-order chi connectivity index (χ0) is 14.0. The van der Waals surface area contributed by atoms with Gasteiger partial charge in [0.1, 0.15) is 12.4 Å². The van der Waals surface area contributed by atoms with Gasteiger partial charge in [-0.3, -0.25) is 0 Å². The molecule has 0 saturated heterocycles. The van der Waals surface area contributed by atoms with Crippen LogP contribution in [0.1, 0.15) is 28.1 Å². The maximum atomic E-state index is 5.99. The van der Waals surface area contributed by atoms with E-state index in [2.05, 4.69) is 63.5 Å². The molecule has 0 spiro atoms. The maximum Gasteiger partial charge on any atom is 0.125 e. The lowest BCUT2D eigenvalue weighted by Crippen LogP contribution is -2.11. The fraction of sp³-hybridized carbons (Fsp3) is 0.412. The first-order chi connectivity index (χ1) is 8.99. The monoisotopic (exact) mass is 257 g/mol. The fourth-order valence-electron chi connectivity index (χ4n) is 2.69. The van der Waals surface area contributed by atoms with Crippen molar-refractivity contribution in [3.05, 3.63) is 52.3 Å². The van der Waals surface area contributed by atoms with E-state index >= 15 is 0 Å². The zero-order valence-electron chi connectivity index (χ0n) is 12.6. The molecule has 0 aliphatic heterocycles. The lowest BCUT2D eigenvalue weighted by molar-refractivity contribution is 0.292. The molecular formula is C17H23NO. The molecule has 0 unspecified atom stereocenters. The van der Waals surface area contributed by atoms with Crippen LogP contribution in [0.2, 0.25) is 0 Å². The highest BCUT2D eigenvalue weighted by Gasteiger charge is 2.06. The molecule has 0 atom stereocenters. The van der Waals surface area contributed by atoms with Gasteiger partial charge in [0.25, 0.3) is 0 Å².